The van der Waals surface area contributed by atoms with Crippen LogP contribution in [0.3, 0.4) is 0 Å². The van der Waals surface area contributed by atoms with Crippen molar-refractivity contribution in [2.24, 2.45) is 11.5 Å². The van der Waals surface area contributed by atoms with Gasteiger partial charge in [-0.3, -0.25) is 9.59 Å². The zero-order valence-corrected chi connectivity index (χ0v) is 8.93. The van der Waals surface area contributed by atoms with Gasteiger partial charge in [0.15, 0.2) is 0 Å². The Morgan fingerprint density at radius 1 is 1.12 bits per heavy atom. The minimum Gasteiger partial charge on any atom is -0.480 e. The van der Waals surface area contributed by atoms with Gasteiger partial charge in [0, 0.05) is 6.42 Å². The van der Waals surface area contributed by atoms with Crippen molar-refractivity contribution < 1.29 is 24.3 Å². The van der Waals surface area contributed by atoms with Gasteiger partial charge in [-0.05, 0) is 6.42 Å². The molecule has 9 nitrogen and oxygen atoms in total. The maximum Gasteiger partial charge on any atom is 0.326 e. The topological polar surface area (TPSA) is 165 Å². The quantitative estimate of drug-likeness (QED) is 0.334. The Morgan fingerprint density at radius 2 is 1.71 bits per heavy atom. The number of nitrogens with two attached hydrogens (primary N) is 2. The fourth-order valence-corrected chi connectivity index (χ4v) is 0.921. The SMILES string of the molecule is NC(=O)CCC(NC(=O)NCC(N)=O)C(=O)O. The maximum atomic E-state index is 11.1. The van der Waals surface area contributed by atoms with Crippen LogP contribution in [0, 0.1) is 0 Å². The Hall–Kier alpha value is -2.32. The van der Waals surface area contributed by atoms with E-state index in [1.165, 1.54) is 0 Å². The first-order valence-electron chi connectivity index (χ1n) is 4.66. The Labute approximate surface area is 96.5 Å². The standard InChI is InChI=1S/C8H14N4O5/c9-5(13)2-1-4(7(15)16)12-8(17)11-3-6(10)14/h4H,1-3H2,(H2,9,13)(H2,10,14)(H,15,16)(H2,11,12,17). The molecule has 0 radical (unpaired) electrons. The van der Waals surface area contributed by atoms with Crippen molar-refractivity contribution in [3.63, 3.8) is 0 Å². The molecule has 17 heavy (non-hydrogen) atoms. The summed E-state index contributed by atoms with van der Waals surface area (Å²) in [6.45, 7) is -0.409. The first-order valence-corrected chi connectivity index (χ1v) is 4.66. The minimum atomic E-state index is -1.31. The van der Waals surface area contributed by atoms with Crippen LogP contribution in [-0.2, 0) is 14.4 Å². The average molecular weight is 246 g/mol. The summed E-state index contributed by atoms with van der Waals surface area (Å²) in [7, 11) is 0. The number of aliphatic carboxylic acids is 1. The summed E-state index contributed by atoms with van der Waals surface area (Å²) in [5.74, 6) is -2.74. The van der Waals surface area contributed by atoms with Crippen LogP contribution >= 0.6 is 0 Å². The van der Waals surface area contributed by atoms with Gasteiger partial charge >= 0.3 is 12.0 Å². The van der Waals surface area contributed by atoms with Gasteiger partial charge in [0.25, 0.3) is 0 Å². The molecule has 0 bridgehead atoms. The summed E-state index contributed by atoms with van der Waals surface area (Å²) < 4.78 is 0. The predicted molar refractivity (Wildman–Crippen MR) is 55.6 cm³/mol. The molecule has 0 aromatic carbocycles. The molecule has 7 N–H and O–H groups in total. The fraction of sp³-hybridized carbons (Fsp3) is 0.500. The third kappa shape index (κ3) is 7.59. The van der Waals surface area contributed by atoms with Crippen LogP contribution in [0.4, 0.5) is 4.79 Å². The number of hydrogen-bond acceptors (Lipinski definition) is 4. The van der Waals surface area contributed by atoms with Crippen molar-refractivity contribution in [2.75, 3.05) is 6.54 Å². The number of urea groups is 1. The lowest BCUT2D eigenvalue weighted by Gasteiger charge is -2.13. The highest BCUT2D eigenvalue weighted by molar-refractivity contribution is 5.86. The van der Waals surface area contributed by atoms with Gasteiger partial charge in [-0.2, -0.15) is 0 Å². The molecule has 0 aliphatic carbocycles. The van der Waals surface area contributed by atoms with Crippen molar-refractivity contribution in [3.05, 3.63) is 0 Å². The molecule has 1 unspecified atom stereocenters. The molecule has 0 aliphatic rings. The summed E-state index contributed by atoms with van der Waals surface area (Å²) in [5, 5.41) is 12.8. The Balaban J connectivity index is 4.15. The van der Waals surface area contributed by atoms with Crippen molar-refractivity contribution in [2.45, 2.75) is 18.9 Å². The van der Waals surface area contributed by atoms with E-state index in [0.29, 0.717) is 0 Å². The van der Waals surface area contributed by atoms with E-state index in [4.69, 9.17) is 16.6 Å². The van der Waals surface area contributed by atoms with Gasteiger partial charge in [0.05, 0.1) is 6.54 Å². The zero-order valence-electron chi connectivity index (χ0n) is 8.93. The molecule has 96 valence electrons. The van der Waals surface area contributed by atoms with Crippen molar-refractivity contribution in [1.82, 2.24) is 10.6 Å². The van der Waals surface area contributed by atoms with Gasteiger partial charge < -0.3 is 27.2 Å². The van der Waals surface area contributed by atoms with Crippen LogP contribution in [0.2, 0.25) is 0 Å². The van der Waals surface area contributed by atoms with Crippen LogP contribution in [0.5, 0.6) is 0 Å². The second-order valence-electron chi connectivity index (χ2n) is 3.19. The molecule has 0 spiro atoms. The molecule has 0 aromatic heterocycles. The zero-order chi connectivity index (χ0) is 13.4. The number of carbonyl (C=O) groups is 4. The average Bonchev–Trinajstić information content (AvgIpc) is 2.20. The van der Waals surface area contributed by atoms with Crippen molar-refractivity contribution in [1.29, 1.82) is 0 Å². The van der Waals surface area contributed by atoms with Crippen LogP contribution in [0.1, 0.15) is 12.8 Å². The lowest BCUT2D eigenvalue weighted by molar-refractivity contribution is -0.139. The van der Waals surface area contributed by atoms with E-state index in [2.05, 4.69) is 10.6 Å². The summed E-state index contributed by atoms with van der Waals surface area (Å²) >= 11 is 0. The molecule has 0 saturated heterocycles. The fourth-order valence-electron chi connectivity index (χ4n) is 0.921. The van der Waals surface area contributed by atoms with E-state index in [1.807, 2.05) is 0 Å². The maximum absolute atomic E-state index is 11.1. The van der Waals surface area contributed by atoms with E-state index >= 15 is 0 Å². The highest BCUT2D eigenvalue weighted by Gasteiger charge is 2.20. The molecule has 0 aliphatic heterocycles. The third-order valence-corrected chi connectivity index (χ3v) is 1.71. The van der Waals surface area contributed by atoms with Gasteiger partial charge in [0.2, 0.25) is 11.8 Å². The van der Waals surface area contributed by atoms with Gasteiger partial charge in [-0.1, -0.05) is 0 Å². The normalized spacial score (nSPS) is 11.3. The van der Waals surface area contributed by atoms with E-state index in [-0.39, 0.29) is 12.8 Å². The Bertz CT molecular complexity index is 330. The second-order valence-corrected chi connectivity index (χ2v) is 3.19. The molecule has 1 atom stereocenters. The molecule has 0 saturated carbocycles. The number of carbonyl (C=O) groups excluding carboxylic acids is 3. The largest absolute Gasteiger partial charge is 0.480 e. The van der Waals surface area contributed by atoms with Crippen LogP contribution < -0.4 is 22.1 Å². The number of carboxylic acids is 1. The number of amides is 4. The number of nitrogens with one attached hydrogen (secondary N) is 2. The summed E-state index contributed by atoms with van der Waals surface area (Å²) in [6, 6.07) is -2.11. The summed E-state index contributed by atoms with van der Waals surface area (Å²) in [4.78, 5) is 42.6. The molecular formula is C8H14N4O5. The third-order valence-electron chi connectivity index (χ3n) is 1.71. The van der Waals surface area contributed by atoms with E-state index in [0.717, 1.165) is 0 Å². The van der Waals surface area contributed by atoms with Crippen LogP contribution in [0.25, 0.3) is 0 Å². The van der Waals surface area contributed by atoms with E-state index in [1.54, 1.807) is 0 Å². The number of primary amides is 2. The van der Waals surface area contributed by atoms with Gasteiger partial charge in [-0.15, -0.1) is 0 Å². The first-order chi connectivity index (χ1) is 7.82. The van der Waals surface area contributed by atoms with Crippen LogP contribution in [0.15, 0.2) is 0 Å². The first kappa shape index (κ1) is 14.7. The number of rotatable bonds is 7. The van der Waals surface area contributed by atoms with Crippen molar-refractivity contribution in [3.8, 4) is 0 Å². The van der Waals surface area contributed by atoms with E-state index in [9.17, 15) is 19.2 Å². The minimum absolute atomic E-state index is 0.130. The highest BCUT2D eigenvalue weighted by Crippen LogP contribution is 1.97. The summed E-state index contributed by atoms with van der Waals surface area (Å²) in [5.41, 5.74) is 9.62. The molecule has 4 amide bonds. The highest BCUT2D eigenvalue weighted by atomic mass is 16.4. The Kier molecular flexibility index (Phi) is 6.08. The second kappa shape index (κ2) is 7.04. The Morgan fingerprint density at radius 3 is 2.12 bits per heavy atom. The monoisotopic (exact) mass is 246 g/mol. The number of carboxylic acid groups (broad SMARTS) is 1. The smallest absolute Gasteiger partial charge is 0.326 e. The van der Waals surface area contributed by atoms with Crippen molar-refractivity contribution >= 4 is 23.8 Å². The number of hydrogen-bond donors (Lipinski definition) is 5. The molecule has 0 heterocycles. The summed E-state index contributed by atoms with van der Waals surface area (Å²) in [6.07, 6.45) is -0.304. The molecule has 0 fully saturated rings. The molecular weight excluding hydrogens is 232 g/mol. The van der Waals surface area contributed by atoms with Gasteiger partial charge in [-0.25, -0.2) is 9.59 Å². The van der Waals surface area contributed by atoms with Gasteiger partial charge in [0.1, 0.15) is 6.04 Å². The lowest BCUT2D eigenvalue weighted by Crippen LogP contribution is -2.48. The molecule has 0 aromatic rings. The van der Waals surface area contributed by atoms with Crippen LogP contribution in [-0.4, -0.2) is 41.5 Å². The lowest BCUT2D eigenvalue weighted by atomic mass is 10.1. The molecule has 9 heteroatoms. The predicted octanol–water partition coefficient (Wildman–Crippen LogP) is -2.51. The molecule has 0 rings (SSSR count). The van der Waals surface area contributed by atoms with E-state index < -0.39 is 36.4 Å².